The van der Waals surface area contributed by atoms with E-state index in [1.54, 1.807) is 137 Å². The van der Waals surface area contributed by atoms with Crippen LogP contribution in [0.15, 0.2) is 384 Å². The smallest absolute Gasteiger partial charge is 0.347 e. The van der Waals surface area contributed by atoms with Crippen molar-refractivity contribution in [2.45, 2.75) is 7.43 Å². The number of carboxylic acid groups (broad SMARTS) is 2. The fraction of sp³-hybridized carbons (Fsp3) is 0.0583. The number of H-pyrrole nitrogens is 3. The van der Waals surface area contributed by atoms with Gasteiger partial charge in [-0.2, -0.15) is 0 Å². The molecule has 0 bridgehead atoms. The molecule has 18 rings (SSSR count). The van der Waals surface area contributed by atoms with Gasteiger partial charge in [-0.1, -0.05) is 268 Å². The van der Waals surface area contributed by atoms with E-state index in [1.165, 1.54) is 12.1 Å². The molecule has 0 aliphatic heterocycles. The zero-order valence-electron chi connectivity index (χ0n) is 70.5. The zero-order chi connectivity index (χ0) is 93.2. The standard InChI is InChI=1S/C14H10N2O.2C14H10N2S.C14H11NO3.C14H9NO2.2C9H10ClNO2.C7H7NO2.C7H9NO.CH4/c3*17-14-11-8-4-5-9-12(11)15-13(16-14)10-6-2-1-3-7-10;16-13(10-6-2-1-3-7-10)15-12-9-5-4-8-11(12)14(17)18;16-14-11-8-4-5-9-12(11)15-13(17-14)10-6-2-1-3-7-10;2*1-13-8-5-3-2-4-7(8)11-9(12)6-10;8-6-4-2-1-3-5(6)7(9)10;1-9-7-5-3-2-4-6(7)8;/h3*1-9H,(H,15,16,17);1-9H,(H,15,16)(H,17,18);1-9H;2*2-5H,6H2,1H3,(H,11,12);1-4H,8H2,(H,9,10);2-5H,8H2,1H3;1H4. The van der Waals surface area contributed by atoms with Crippen LogP contribution in [-0.2, 0) is 9.59 Å². The Balaban J connectivity index is 0.000000168. The average Bonchev–Trinajstić information content (AvgIpc) is 0.819. The van der Waals surface area contributed by atoms with Gasteiger partial charge in [-0.25, -0.2) is 34.3 Å². The largest absolute Gasteiger partial charge is 0.495 e. The molecule has 14 aromatic carbocycles. The van der Waals surface area contributed by atoms with Crippen molar-refractivity contribution in [3.05, 3.63) is 417 Å². The van der Waals surface area contributed by atoms with E-state index in [0.29, 0.717) is 82.8 Å². The zero-order valence-corrected chi connectivity index (χ0v) is 73.7. The molecule has 29 heteroatoms. The number of nitrogen functional groups attached to an aromatic ring is 2. The van der Waals surface area contributed by atoms with Crippen LogP contribution < -0.4 is 52.8 Å². The van der Waals surface area contributed by atoms with Crippen LogP contribution in [0.1, 0.15) is 38.5 Å². The SMILES string of the molecule is C.COc1ccccc1N.COc1ccccc1NC(=O)CCl.COc1ccccc1NC(=O)CCl.Nc1ccccc1C(=O)O.O=C(Nc1ccccc1C(=O)O)c1ccccc1.O=c1[nH]c(-c2ccccc2)nc2ccccc12.O=c1oc(-c2ccccc2)nc2ccccc12.S=c1nc(-c2ccccc2)[nH]c2ccccc12.S=c1nc(-c2ccccc2)[nH]c2ccccc12. The molecule has 0 aliphatic rings. The number of aromatic carboxylic acids is 2. The van der Waals surface area contributed by atoms with E-state index in [2.05, 4.69) is 50.8 Å². The number of aromatic amines is 3. The molecular formula is C103H90Cl2N12O13S2. The summed E-state index contributed by atoms with van der Waals surface area (Å²) in [6.45, 7) is 0. The molecule has 25 nitrogen and oxygen atoms in total. The number of fused-ring (bicyclic) bond motifs is 4. The molecule has 4 aromatic heterocycles. The summed E-state index contributed by atoms with van der Waals surface area (Å²) < 4.78 is 21.5. The molecule has 0 fully saturated rings. The first-order chi connectivity index (χ1) is 63.7. The molecule has 0 saturated carbocycles. The third kappa shape index (κ3) is 29.5. The fourth-order valence-corrected chi connectivity index (χ4v) is 12.7. The van der Waals surface area contributed by atoms with E-state index in [0.717, 1.165) is 67.0 Å². The fourth-order valence-electron chi connectivity index (χ4n) is 12.0. The van der Waals surface area contributed by atoms with E-state index in [1.807, 2.05) is 243 Å². The van der Waals surface area contributed by atoms with Crippen molar-refractivity contribution in [3.8, 4) is 62.9 Å². The summed E-state index contributed by atoms with van der Waals surface area (Å²) in [5, 5.41) is 28.4. The number of aromatic nitrogens is 7. The third-order valence-electron chi connectivity index (χ3n) is 18.3. The minimum atomic E-state index is -1.07. The van der Waals surface area contributed by atoms with Crippen molar-refractivity contribution in [1.29, 1.82) is 0 Å². The quantitative estimate of drug-likeness (QED) is 0.0259. The van der Waals surface area contributed by atoms with Gasteiger partial charge in [0, 0.05) is 55.3 Å². The van der Waals surface area contributed by atoms with Gasteiger partial charge in [0.2, 0.25) is 17.7 Å². The molecule has 0 unspecified atom stereocenters. The summed E-state index contributed by atoms with van der Waals surface area (Å²) >= 11 is 21.3. The number of carboxylic acids is 2. The summed E-state index contributed by atoms with van der Waals surface area (Å²) in [5.41, 5.74) is 20.9. The Labute approximate surface area is 779 Å². The van der Waals surface area contributed by atoms with Crippen molar-refractivity contribution < 1.29 is 52.8 Å². The molecule has 0 atom stereocenters. The average molecular weight is 1840 g/mol. The molecule has 18 aromatic rings. The Hall–Kier alpha value is -16.6. The van der Waals surface area contributed by atoms with Gasteiger partial charge in [0.15, 0.2) is 0 Å². The first-order valence-electron chi connectivity index (χ1n) is 39.9. The molecule has 0 radical (unpaired) electrons. The molecule has 666 valence electrons. The number of ether oxygens (including phenoxy) is 3. The monoisotopic (exact) mass is 1840 g/mol. The van der Waals surface area contributed by atoms with E-state index in [4.69, 9.17) is 87.9 Å². The van der Waals surface area contributed by atoms with Crippen LogP contribution in [0, 0.1) is 9.28 Å². The maximum Gasteiger partial charge on any atom is 0.347 e. The summed E-state index contributed by atoms with van der Waals surface area (Å²) in [7, 11) is 4.70. The molecule has 0 aliphatic carbocycles. The van der Waals surface area contributed by atoms with Crippen molar-refractivity contribution in [3.63, 3.8) is 0 Å². The summed E-state index contributed by atoms with van der Waals surface area (Å²) in [6, 6.07) is 112. The van der Waals surface area contributed by atoms with Gasteiger partial charge >= 0.3 is 17.6 Å². The van der Waals surface area contributed by atoms with Crippen LogP contribution in [-0.4, -0.2) is 108 Å². The Morgan fingerprint density at radius 1 is 0.364 bits per heavy atom. The van der Waals surface area contributed by atoms with Crippen LogP contribution in [0.3, 0.4) is 0 Å². The van der Waals surface area contributed by atoms with Crippen LogP contribution in [0.5, 0.6) is 17.2 Å². The first kappa shape index (κ1) is 99.2. The lowest BCUT2D eigenvalue weighted by Crippen LogP contribution is -2.14. The number of anilines is 5. The number of nitrogens with two attached hydrogens (primary N) is 2. The number of nitrogens with one attached hydrogen (secondary N) is 6. The summed E-state index contributed by atoms with van der Waals surface area (Å²) in [6.07, 6.45) is 0. The minimum Gasteiger partial charge on any atom is -0.495 e. The number of benzene rings is 14. The van der Waals surface area contributed by atoms with Gasteiger partial charge in [0.1, 0.15) is 55.8 Å². The van der Waals surface area contributed by atoms with Crippen molar-refractivity contribution in [1.82, 2.24) is 34.9 Å². The lowest BCUT2D eigenvalue weighted by atomic mass is 10.1. The van der Waals surface area contributed by atoms with Crippen molar-refractivity contribution in [2.75, 3.05) is 60.5 Å². The molecule has 0 saturated heterocycles. The minimum absolute atomic E-state index is 0. The molecular weight excluding hydrogens is 1750 g/mol. The summed E-state index contributed by atoms with van der Waals surface area (Å²) in [4.78, 5) is 106. The van der Waals surface area contributed by atoms with Crippen LogP contribution in [0.2, 0.25) is 0 Å². The van der Waals surface area contributed by atoms with Gasteiger partial charge in [-0.3, -0.25) is 19.2 Å². The molecule has 3 amide bonds. The Kier molecular flexibility index (Phi) is 39.0. The molecule has 0 spiro atoms. The normalized spacial score (nSPS) is 9.95. The topological polar surface area (TPSA) is 388 Å². The lowest BCUT2D eigenvalue weighted by molar-refractivity contribution is -0.114. The highest BCUT2D eigenvalue weighted by Crippen LogP contribution is 2.27. The number of nitrogens with zero attached hydrogens (tertiary/aromatic N) is 4. The highest BCUT2D eigenvalue weighted by molar-refractivity contribution is 7.71. The summed E-state index contributed by atoms with van der Waals surface area (Å²) in [5.74, 6) is 1.58. The number of alkyl halides is 2. The molecule has 4 heterocycles. The van der Waals surface area contributed by atoms with E-state index in [9.17, 15) is 33.6 Å². The number of carbonyl (C=O) groups excluding carboxylic acids is 3. The predicted molar refractivity (Wildman–Crippen MR) is 533 cm³/mol. The third-order valence-corrected chi connectivity index (χ3v) is 19.4. The number of methoxy groups -OCH3 is 3. The number of halogens is 2. The predicted octanol–water partition coefficient (Wildman–Crippen LogP) is 22.6. The van der Waals surface area contributed by atoms with E-state index < -0.39 is 11.9 Å². The Morgan fingerprint density at radius 3 is 1.12 bits per heavy atom. The van der Waals surface area contributed by atoms with Gasteiger partial charge < -0.3 is 71.2 Å². The van der Waals surface area contributed by atoms with E-state index >= 15 is 0 Å². The maximum atomic E-state index is 11.9. The number of hydrogen-bond acceptors (Lipinski definition) is 19. The Morgan fingerprint density at radius 2 is 0.705 bits per heavy atom. The van der Waals surface area contributed by atoms with Gasteiger partial charge in [-0.05, 0) is 133 Å². The second-order valence-corrected chi connectivity index (χ2v) is 28.5. The molecule has 132 heavy (non-hydrogen) atoms. The lowest BCUT2D eigenvalue weighted by Gasteiger charge is -2.07. The highest BCUT2D eigenvalue weighted by atomic mass is 35.5. The maximum absolute atomic E-state index is 11.9. The second-order valence-electron chi connectivity index (χ2n) is 27.2. The van der Waals surface area contributed by atoms with Crippen molar-refractivity contribution >= 4 is 149 Å². The Bertz CT molecular complexity index is 6540. The van der Waals surface area contributed by atoms with Crippen LogP contribution in [0.4, 0.5) is 28.4 Å². The van der Waals surface area contributed by atoms with E-state index in [-0.39, 0.29) is 59.2 Å². The highest BCUT2D eigenvalue weighted by Gasteiger charge is 2.15. The number of amides is 3. The number of hydrogen-bond donors (Lipinski definition) is 10. The first-order valence-corrected chi connectivity index (χ1v) is 41.8. The van der Waals surface area contributed by atoms with Gasteiger partial charge in [-0.15, -0.1) is 23.2 Å². The van der Waals surface area contributed by atoms with Gasteiger partial charge in [0.25, 0.3) is 11.5 Å². The number of para-hydroxylation sites is 12. The number of rotatable bonds is 15. The van der Waals surface area contributed by atoms with Crippen LogP contribution >= 0.6 is 47.6 Å². The van der Waals surface area contributed by atoms with Crippen molar-refractivity contribution in [2.24, 2.45) is 0 Å². The van der Waals surface area contributed by atoms with Gasteiger partial charge in [0.05, 0.1) is 77.0 Å². The number of carbonyl (C=O) groups is 5. The molecule has 12 N–H and O–H groups in total. The second kappa shape index (κ2) is 51.9. The van der Waals surface area contributed by atoms with Crippen LogP contribution in [0.25, 0.3) is 89.2 Å².